The number of hydrogen-bond donors (Lipinski definition) is 0. The Balaban J connectivity index is 1.31. The van der Waals surface area contributed by atoms with E-state index in [9.17, 15) is 4.79 Å². The third kappa shape index (κ3) is 13.9. The van der Waals surface area contributed by atoms with Crippen molar-refractivity contribution < 1.29 is 14.3 Å². The number of unbranched alkanes of at least 4 members (excludes halogenated alkanes) is 17. The standard InChI is InChI=1S/C38H56N2O3/c1-3-5-7-9-11-12-13-14-15-16-17-19-21-31-43-38(41)33-24-28-35-36(29-25-33)40-37(39-35)32-22-26-34(27-23-32)42-30-20-18-10-8-6-4-2/h22-29H,3-21,30-31H2,1-2H3. The van der Waals surface area contributed by atoms with Gasteiger partial charge >= 0.3 is 5.97 Å². The van der Waals surface area contributed by atoms with Gasteiger partial charge in [0.2, 0.25) is 0 Å². The molecule has 0 unspecified atom stereocenters. The summed E-state index contributed by atoms with van der Waals surface area (Å²) in [6.07, 6.45) is 24.5. The second kappa shape index (κ2) is 21.7. The minimum absolute atomic E-state index is 0.284. The first-order valence-corrected chi connectivity index (χ1v) is 17.4. The smallest absolute Gasteiger partial charge is 0.338 e. The molecule has 0 spiro atoms. The highest BCUT2D eigenvalue weighted by molar-refractivity contribution is 5.89. The molecule has 1 heterocycles. The number of imidazole rings is 1. The number of carbonyl (C=O) groups is 1. The van der Waals surface area contributed by atoms with Gasteiger partial charge in [0, 0.05) is 5.56 Å². The summed E-state index contributed by atoms with van der Waals surface area (Å²) in [6.45, 7) is 5.74. The lowest BCUT2D eigenvalue weighted by Crippen LogP contribution is -2.05. The molecule has 0 aromatic heterocycles. The van der Waals surface area contributed by atoms with Gasteiger partial charge < -0.3 is 9.47 Å². The zero-order valence-corrected chi connectivity index (χ0v) is 27.1. The summed E-state index contributed by atoms with van der Waals surface area (Å²) in [5, 5.41) is 0. The number of ether oxygens (including phenoxy) is 2. The third-order valence-corrected chi connectivity index (χ3v) is 8.15. The van der Waals surface area contributed by atoms with Crippen LogP contribution in [0.3, 0.4) is 0 Å². The van der Waals surface area contributed by atoms with Gasteiger partial charge in [-0.15, -0.1) is 0 Å². The number of fused-ring (bicyclic) bond motifs is 1. The fraction of sp³-hybridized carbons (Fsp3) is 0.605. The molecule has 0 radical (unpaired) electrons. The van der Waals surface area contributed by atoms with Crippen molar-refractivity contribution in [1.29, 1.82) is 0 Å². The summed E-state index contributed by atoms with van der Waals surface area (Å²) in [4.78, 5) is 22.0. The molecule has 3 rings (SSSR count). The molecule has 5 heteroatoms. The van der Waals surface area contributed by atoms with E-state index < -0.39 is 0 Å². The molecule has 1 aromatic rings. The molecule has 0 fully saturated rings. The monoisotopic (exact) mass is 588 g/mol. The number of aromatic nitrogens is 2. The molecular formula is C38H56N2O3. The Labute approximate surface area is 261 Å². The molecule has 0 saturated heterocycles. The van der Waals surface area contributed by atoms with Gasteiger partial charge in [-0.25, -0.2) is 14.8 Å². The Morgan fingerprint density at radius 3 is 1.47 bits per heavy atom. The predicted octanol–water partition coefficient (Wildman–Crippen LogP) is 11.2. The van der Waals surface area contributed by atoms with Gasteiger partial charge in [-0.2, -0.15) is 0 Å². The van der Waals surface area contributed by atoms with Crippen molar-refractivity contribution >= 4 is 5.97 Å². The van der Waals surface area contributed by atoms with E-state index in [2.05, 4.69) is 13.8 Å². The zero-order valence-electron chi connectivity index (χ0n) is 27.1. The van der Waals surface area contributed by atoms with Crippen LogP contribution in [0, 0.1) is 0 Å². The number of benzene rings is 1. The molecule has 0 saturated carbocycles. The van der Waals surface area contributed by atoms with Crippen LogP contribution in [-0.4, -0.2) is 29.2 Å². The molecule has 2 aliphatic rings. The average molecular weight is 589 g/mol. The molecule has 5 nitrogen and oxygen atoms in total. The van der Waals surface area contributed by atoms with Crippen molar-refractivity contribution in [3.63, 3.8) is 0 Å². The molecule has 0 N–H and O–H groups in total. The molecule has 1 aliphatic carbocycles. The lowest BCUT2D eigenvalue weighted by atomic mass is 10.0. The predicted molar refractivity (Wildman–Crippen MR) is 179 cm³/mol. The Bertz CT molecular complexity index is 1080. The topological polar surface area (TPSA) is 61.3 Å². The van der Waals surface area contributed by atoms with Gasteiger partial charge in [0.05, 0.1) is 30.2 Å². The number of nitrogens with zero attached hydrogens (tertiary/aromatic N) is 2. The molecule has 0 atom stereocenters. The third-order valence-electron chi connectivity index (χ3n) is 8.15. The van der Waals surface area contributed by atoms with Crippen molar-refractivity contribution in [2.75, 3.05) is 13.2 Å². The van der Waals surface area contributed by atoms with E-state index in [0.29, 0.717) is 18.0 Å². The highest BCUT2D eigenvalue weighted by atomic mass is 16.5. The molecular weight excluding hydrogens is 532 g/mol. The van der Waals surface area contributed by atoms with Gasteiger partial charge in [0.25, 0.3) is 0 Å². The van der Waals surface area contributed by atoms with Crippen LogP contribution < -0.4 is 4.74 Å². The quantitative estimate of drug-likeness (QED) is 0.0769. The summed E-state index contributed by atoms with van der Waals surface area (Å²) < 4.78 is 11.4. The SMILES string of the molecule is CCCCCCCCCCCCCCCOC(=O)c1ccc2nc(-c3ccc(OCCCCCCCC)cc3)nc-2cc1. The van der Waals surface area contributed by atoms with E-state index in [1.807, 2.05) is 36.4 Å². The maximum Gasteiger partial charge on any atom is 0.338 e. The van der Waals surface area contributed by atoms with Gasteiger partial charge in [-0.3, -0.25) is 0 Å². The number of carbonyl (C=O) groups excluding carboxylic acids is 1. The van der Waals surface area contributed by atoms with E-state index in [1.165, 1.54) is 103 Å². The van der Waals surface area contributed by atoms with Gasteiger partial charge in [0.15, 0.2) is 5.82 Å². The van der Waals surface area contributed by atoms with Crippen LogP contribution in [0.1, 0.15) is 146 Å². The first-order valence-electron chi connectivity index (χ1n) is 17.4. The van der Waals surface area contributed by atoms with Crippen LogP contribution in [0.4, 0.5) is 0 Å². The van der Waals surface area contributed by atoms with E-state index >= 15 is 0 Å². The van der Waals surface area contributed by atoms with Gasteiger partial charge in [-0.1, -0.05) is 123 Å². The Morgan fingerprint density at radius 1 is 0.535 bits per heavy atom. The highest BCUT2D eigenvalue weighted by Crippen LogP contribution is 2.26. The van der Waals surface area contributed by atoms with Gasteiger partial charge in [0.1, 0.15) is 5.75 Å². The molecule has 0 bridgehead atoms. The Kier molecular flexibility index (Phi) is 17.4. The first kappa shape index (κ1) is 34.5. The normalized spacial score (nSPS) is 11.2. The van der Waals surface area contributed by atoms with E-state index in [0.717, 1.165) is 48.6 Å². The molecule has 43 heavy (non-hydrogen) atoms. The van der Waals surface area contributed by atoms with E-state index in [4.69, 9.17) is 19.4 Å². The van der Waals surface area contributed by atoms with Crippen LogP contribution in [-0.2, 0) is 4.74 Å². The second-order valence-electron chi connectivity index (χ2n) is 12.0. The van der Waals surface area contributed by atoms with Crippen LogP contribution in [0.15, 0.2) is 48.5 Å². The van der Waals surface area contributed by atoms with Crippen molar-refractivity contribution in [2.45, 2.75) is 136 Å². The fourth-order valence-corrected chi connectivity index (χ4v) is 5.41. The summed E-state index contributed by atoms with van der Waals surface area (Å²) in [5.41, 5.74) is 2.99. The maximum absolute atomic E-state index is 12.6. The van der Waals surface area contributed by atoms with Crippen LogP contribution in [0.2, 0.25) is 0 Å². The summed E-state index contributed by atoms with van der Waals surface area (Å²) >= 11 is 0. The van der Waals surface area contributed by atoms with Crippen molar-refractivity contribution in [3.05, 3.63) is 54.1 Å². The minimum atomic E-state index is -0.284. The van der Waals surface area contributed by atoms with E-state index in [1.54, 1.807) is 12.1 Å². The van der Waals surface area contributed by atoms with E-state index in [-0.39, 0.29) is 5.97 Å². The zero-order chi connectivity index (χ0) is 30.4. The molecule has 1 aliphatic heterocycles. The number of esters is 1. The summed E-state index contributed by atoms with van der Waals surface area (Å²) in [7, 11) is 0. The first-order chi connectivity index (χ1) is 21.2. The van der Waals surface area contributed by atoms with Crippen molar-refractivity contribution in [1.82, 2.24) is 9.97 Å². The van der Waals surface area contributed by atoms with Crippen molar-refractivity contribution in [2.24, 2.45) is 0 Å². The largest absolute Gasteiger partial charge is 0.494 e. The lowest BCUT2D eigenvalue weighted by molar-refractivity contribution is 0.0498. The summed E-state index contributed by atoms with van der Waals surface area (Å²) in [6, 6.07) is 15.3. The van der Waals surface area contributed by atoms with Crippen molar-refractivity contribution in [3.8, 4) is 28.5 Å². The molecule has 236 valence electrons. The van der Waals surface area contributed by atoms with Gasteiger partial charge in [-0.05, 0) is 61.4 Å². The maximum atomic E-state index is 12.6. The van der Waals surface area contributed by atoms with Crippen LogP contribution >= 0.6 is 0 Å². The number of rotatable bonds is 24. The molecule has 1 aromatic carbocycles. The lowest BCUT2D eigenvalue weighted by Gasteiger charge is -2.06. The average Bonchev–Trinajstić information content (AvgIpc) is 3.33. The summed E-state index contributed by atoms with van der Waals surface area (Å²) in [5.74, 6) is 1.27. The minimum Gasteiger partial charge on any atom is -0.494 e. The second-order valence-corrected chi connectivity index (χ2v) is 12.0. The Hall–Kier alpha value is -2.95. The highest BCUT2D eigenvalue weighted by Gasteiger charge is 2.13. The van der Waals surface area contributed by atoms with Crippen LogP contribution in [0.5, 0.6) is 5.75 Å². The Morgan fingerprint density at radius 2 is 0.977 bits per heavy atom. The van der Waals surface area contributed by atoms with Crippen LogP contribution in [0.25, 0.3) is 22.8 Å². The molecule has 0 amide bonds. The fourth-order valence-electron chi connectivity index (χ4n) is 5.41. The number of hydrogen-bond acceptors (Lipinski definition) is 5.